The highest BCUT2D eigenvalue weighted by molar-refractivity contribution is 4.85. The number of nitrogens with zero attached hydrogens (tertiary/aromatic N) is 1. The van der Waals surface area contributed by atoms with Gasteiger partial charge in [-0.2, -0.15) is 0 Å². The van der Waals surface area contributed by atoms with E-state index in [0.717, 1.165) is 30.3 Å². The molecule has 0 aromatic rings. The van der Waals surface area contributed by atoms with Crippen LogP contribution in [0.3, 0.4) is 0 Å². The quantitative estimate of drug-likeness (QED) is 0.721. The number of rotatable bonds is 8. The van der Waals surface area contributed by atoms with Gasteiger partial charge in [-0.05, 0) is 50.1 Å². The van der Waals surface area contributed by atoms with E-state index in [1.807, 2.05) is 0 Å². The van der Waals surface area contributed by atoms with Gasteiger partial charge in [0.2, 0.25) is 0 Å². The van der Waals surface area contributed by atoms with Crippen LogP contribution >= 0.6 is 0 Å². The molecule has 2 nitrogen and oxygen atoms in total. The van der Waals surface area contributed by atoms with Crippen molar-refractivity contribution in [2.45, 2.75) is 66.3 Å². The Hall–Kier alpha value is -0.0800. The Labute approximate surface area is 121 Å². The predicted octanol–water partition coefficient (Wildman–Crippen LogP) is 3.77. The highest BCUT2D eigenvalue weighted by Crippen LogP contribution is 2.33. The highest BCUT2D eigenvalue weighted by Gasteiger charge is 2.30. The molecule has 2 heteroatoms. The smallest absolute Gasteiger partial charge is 0.0107 e. The van der Waals surface area contributed by atoms with Crippen molar-refractivity contribution < 1.29 is 0 Å². The molecule has 1 aliphatic rings. The van der Waals surface area contributed by atoms with Crippen LogP contribution in [0.4, 0.5) is 0 Å². The van der Waals surface area contributed by atoms with Crippen molar-refractivity contribution in [2.75, 3.05) is 26.2 Å². The Bertz CT molecular complexity index is 227. The largest absolute Gasteiger partial charge is 0.312 e. The SMILES string of the molecule is CCCN(CC)CCNC1CC(C)CCC1C(C)C. The Morgan fingerprint density at radius 3 is 2.47 bits per heavy atom. The van der Waals surface area contributed by atoms with Crippen LogP contribution in [0.25, 0.3) is 0 Å². The van der Waals surface area contributed by atoms with Crippen molar-refractivity contribution >= 4 is 0 Å². The lowest BCUT2D eigenvalue weighted by Gasteiger charge is -2.38. The first-order valence-corrected chi connectivity index (χ1v) is 8.54. The fraction of sp³-hybridized carbons (Fsp3) is 1.00. The fourth-order valence-electron chi connectivity index (χ4n) is 3.59. The predicted molar refractivity (Wildman–Crippen MR) is 85.5 cm³/mol. The molecule has 0 saturated heterocycles. The van der Waals surface area contributed by atoms with Crippen molar-refractivity contribution in [3.63, 3.8) is 0 Å². The molecule has 0 spiro atoms. The summed E-state index contributed by atoms with van der Waals surface area (Å²) in [5.74, 6) is 2.62. The molecule has 1 N–H and O–H groups in total. The van der Waals surface area contributed by atoms with E-state index in [-0.39, 0.29) is 0 Å². The maximum Gasteiger partial charge on any atom is 0.0107 e. The molecule has 1 aliphatic carbocycles. The minimum atomic E-state index is 0.754. The van der Waals surface area contributed by atoms with E-state index < -0.39 is 0 Å². The average Bonchev–Trinajstić information content (AvgIpc) is 2.37. The molecule has 114 valence electrons. The summed E-state index contributed by atoms with van der Waals surface area (Å²) in [5.41, 5.74) is 0. The van der Waals surface area contributed by atoms with Crippen LogP contribution < -0.4 is 5.32 Å². The highest BCUT2D eigenvalue weighted by atomic mass is 15.1. The third kappa shape index (κ3) is 5.83. The minimum absolute atomic E-state index is 0.754. The lowest BCUT2D eigenvalue weighted by molar-refractivity contribution is 0.164. The lowest BCUT2D eigenvalue weighted by atomic mass is 9.74. The molecule has 1 fully saturated rings. The molecule has 0 amide bonds. The Balaban J connectivity index is 2.35. The molecule has 1 saturated carbocycles. The molecule has 1 rings (SSSR count). The van der Waals surface area contributed by atoms with E-state index in [0.29, 0.717) is 0 Å². The summed E-state index contributed by atoms with van der Waals surface area (Å²) < 4.78 is 0. The summed E-state index contributed by atoms with van der Waals surface area (Å²) in [6, 6.07) is 0.754. The summed E-state index contributed by atoms with van der Waals surface area (Å²) >= 11 is 0. The maximum atomic E-state index is 3.86. The number of hydrogen-bond acceptors (Lipinski definition) is 2. The van der Waals surface area contributed by atoms with Crippen LogP contribution in [0.1, 0.15) is 60.3 Å². The van der Waals surface area contributed by atoms with Crippen LogP contribution in [0.5, 0.6) is 0 Å². The molecule has 3 atom stereocenters. The lowest BCUT2D eigenvalue weighted by Crippen LogP contribution is -2.45. The number of likely N-dealkylation sites (N-methyl/N-ethyl adjacent to an activating group) is 1. The third-order valence-electron chi connectivity index (χ3n) is 4.84. The third-order valence-corrected chi connectivity index (χ3v) is 4.84. The average molecular weight is 268 g/mol. The van der Waals surface area contributed by atoms with Crippen LogP contribution in [0.2, 0.25) is 0 Å². The van der Waals surface area contributed by atoms with Crippen molar-refractivity contribution in [1.29, 1.82) is 0 Å². The molecule has 0 aromatic carbocycles. The Kier molecular flexibility index (Phi) is 8.01. The molecular formula is C17H36N2. The summed E-state index contributed by atoms with van der Waals surface area (Å²) in [5, 5.41) is 3.86. The van der Waals surface area contributed by atoms with Crippen molar-refractivity contribution in [2.24, 2.45) is 17.8 Å². The zero-order valence-corrected chi connectivity index (χ0v) is 13.9. The minimum Gasteiger partial charge on any atom is -0.312 e. The first-order valence-electron chi connectivity index (χ1n) is 8.54. The molecular weight excluding hydrogens is 232 g/mol. The molecule has 3 unspecified atom stereocenters. The second-order valence-corrected chi connectivity index (χ2v) is 6.82. The first kappa shape index (κ1) is 17.0. The van der Waals surface area contributed by atoms with E-state index >= 15 is 0 Å². The van der Waals surface area contributed by atoms with Crippen LogP contribution in [0, 0.1) is 17.8 Å². The molecule has 0 aliphatic heterocycles. The zero-order valence-electron chi connectivity index (χ0n) is 13.9. The van der Waals surface area contributed by atoms with Crippen molar-refractivity contribution in [1.82, 2.24) is 10.2 Å². The fourth-order valence-corrected chi connectivity index (χ4v) is 3.59. The van der Waals surface area contributed by atoms with Crippen LogP contribution in [-0.4, -0.2) is 37.1 Å². The van der Waals surface area contributed by atoms with Gasteiger partial charge in [0.05, 0.1) is 0 Å². The van der Waals surface area contributed by atoms with Gasteiger partial charge in [-0.1, -0.05) is 41.0 Å². The summed E-state index contributed by atoms with van der Waals surface area (Å²) in [6.07, 6.45) is 5.49. The standard InChI is InChI=1S/C17H36N2/c1-6-11-19(7-2)12-10-18-17-13-15(5)8-9-16(17)14(3)4/h14-18H,6-13H2,1-5H3. The van der Waals surface area contributed by atoms with Crippen LogP contribution in [0.15, 0.2) is 0 Å². The Morgan fingerprint density at radius 1 is 1.16 bits per heavy atom. The first-order chi connectivity index (χ1) is 9.08. The topological polar surface area (TPSA) is 15.3 Å². The van der Waals surface area contributed by atoms with Gasteiger partial charge in [0, 0.05) is 19.1 Å². The molecule has 0 bridgehead atoms. The molecule has 0 radical (unpaired) electrons. The number of nitrogens with one attached hydrogen (secondary N) is 1. The maximum absolute atomic E-state index is 3.86. The van der Waals surface area contributed by atoms with Gasteiger partial charge >= 0.3 is 0 Å². The zero-order chi connectivity index (χ0) is 14.3. The summed E-state index contributed by atoms with van der Waals surface area (Å²) in [6.45, 7) is 16.5. The van der Waals surface area contributed by atoms with Crippen molar-refractivity contribution in [3.8, 4) is 0 Å². The van der Waals surface area contributed by atoms with E-state index in [1.54, 1.807) is 0 Å². The summed E-state index contributed by atoms with van der Waals surface area (Å²) in [4.78, 5) is 2.56. The second kappa shape index (κ2) is 8.97. The van der Waals surface area contributed by atoms with E-state index in [1.165, 1.54) is 45.3 Å². The monoisotopic (exact) mass is 268 g/mol. The van der Waals surface area contributed by atoms with Gasteiger partial charge in [-0.3, -0.25) is 0 Å². The van der Waals surface area contributed by atoms with Crippen LogP contribution in [-0.2, 0) is 0 Å². The van der Waals surface area contributed by atoms with E-state index in [2.05, 4.69) is 44.8 Å². The molecule has 0 heterocycles. The van der Waals surface area contributed by atoms with Crippen molar-refractivity contribution in [3.05, 3.63) is 0 Å². The van der Waals surface area contributed by atoms with Gasteiger partial charge in [-0.15, -0.1) is 0 Å². The normalized spacial score (nSPS) is 28.3. The van der Waals surface area contributed by atoms with Gasteiger partial charge in [0.1, 0.15) is 0 Å². The van der Waals surface area contributed by atoms with E-state index in [9.17, 15) is 0 Å². The second-order valence-electron chi connectivity index (χ2n) is 6.82. The van der Waals surface area contributed by atoms with Gasteiger partial charge in [0.25, 0.3) is 0 Å². The molecule has 19 heavy (non-hydrogen) atoms. The van der Waals surface area contributed by atoms with Gasteiger partial charge < -0.3 is 10.2 Å². The van der Waals surface area contributed by atoms with E-state index in [4.69, 9.17) is 0 Å². The van der Waals surface area contributed by atoms with Gasteiger partial charge in [-0.25, -0.2) is 0 Å². The van der Waals surface area contributed by atoms with Gasteiger partial charge in [0.15, 0.2) is 0 Å². The number of hydrogen-bond donors (Lipinski definition) is 1. The molecule has 0 aromatic heterocycles. The summed E-state index contributed by atoms with van der Waals surface area (Å²) in [7, 11) is 0. The Morgan fingerprint density at radius 2 is 1.89 bits per heavy atom.